The van der Waals surface area contributed by atoms with Crippen LogP contribution in [-0.4, -0.2) is 29.7 Å². The second-order valence-corrected chi connectivity index (χ2v) is 7.82. The van der Waals surface area contributed by atoms with E-state index in [1.807, 2.05) is 45.9 Å². The summed E-state index contributed by atoms with van der Waals surface area (Å²) in [5, 5.41) is 0. The lowest BCUT2D eigenvalue weighted by Gasteiger charge is -2.29. The first kappa shape index (κ1) is 22.7. The molecule has 0 atom stereocenters. The molecule has 0 fully saturated rings. The maximum Gasteiger partial charge on any atom is 0.350 e. The summed E-state index contributed by atoms with van der Waals surface area (Å²) in [7, 11) is 0. The van der Waals surface area contributed by atoms with E-state index in [0.717, 1.165) is 12.0 Å². The van der Waals surface area contributed by atoms with Gasteiger partial charge in [-0.25, -0.2) is 9.59 Å². The van der Waals surface area contributed by atoms with Crippen LogP contribution in [0.3, 0.4) is 0 Å². The molecule has 1 aromatic carbocycles. The first-order chi connectivity index (χ1) is 12.5. The molecule has 0 radical (unpaired) electrons. The second-order valence-electron chi connectivity index (χ2n) is 7.82. The monoisotopic (exact) mass is 376 g/mol. The molecular weight excluding hydrogens is 344 g/mol. The average molecular weight is 376 g/mol. The Morgan fingerprint density at radius 1 is 1.00 bits per heavy atom. The molecule has 0 bridgehead atoms. The zero-order valence-electron chi connectivity index (χ0n) is 17.5. The van der Waals surface area contributed by atoms with E-state index in [0.29, 0.717) is 24.4 Å². The summed E-state index contributed by atoms with van der Waals surface area (Å²) in [6, 6.07) is 7.23. The Kier molecular flexibility index (Phi) is 8.07. The third kappa shape index (κ3) is 7.85. The summed E-state index contributed by atoms with van der Waals surface area (Å²) >= 11 is 0. The van der Waals surface area contributed by atoms with Gasteiger partial charge >= 0.3 is 11.9 Å². The van der Waals surface area contributed by atoms with Gasteiger partial charge < -0.3 is 14.2 Å². The predicted molar refractivity (Wildman–Crippen MR) is 107 cm³/mol. The molecule has 1 aromatic rings. The Morgan fingerprint density at radius 2 is 1.59 bits per heavy atom. The van der Waals surface area contributed by atoms with Crippen molar-refractivity contribution in [3.05, 3.63) is 35.4 Å². The van der Waals surface area contributed by atoms with Crippen LogP contribution in [0.4, 0.5) is 0 Å². The zero-order valence-corrected chi connectivity index (χ0v) is 17.5. The molecule has 150 valence electrons. The van der Waals surface area contributed by atoms with E-state index in [4.69, 9.17) is 14.2 Å². The highest BCUT2D eigenvalue weighted by Gasteiger charge is 2.34. The summed E-state index contributed by atoms with van der Waals surface area (Å²) in [4.78, 5) is 24.3. The number of benzene rings is 1. The normalized spacial score (nSPS) is 12.5. The minimum Gasteiger partial charge on any atom is -0.476 e. The smallest absolute Gasteiger partial charge is 0.350 e. The molecular formula is C22H32O5. The van der Waals surface area contributed by atoms with Crippen molar-refractivity contribution < 1.29 is 23.8 Å². The molecule has 0 spiro atoms. The van der Waals surface area contributed by atoms with Crippen LogP contribution in [0.5, 0.6) is 5.75 Å². The minimum atomic E-state index is -1.11. The van der Waals surface area contributed by atoms with Gasteiger partial charge in [0.15, 0.2) is 5.60 Å². The highest BCUT2D eigenvalue weighted by atomic mass is 16.6. The maximum atomic E-state index is 12.3. The van der Waals surface area contributed by atoms with Gasteiger partial charge in [-0.05, 0) is 71.7 Å². The Bertz CT molecular complexity index is 663. The molecule has 0 amide bonds. The van der Waals surface area contributed by atoms with Crippen LogP contribution in [0.15, 0.2) is 29.8 Å². The van der Waals surface area contributed by atoms with Gasteiger partial charge in [0.25, 0.3) is 0 Å². The molecule has 1 rings (SSSR count). The number of esters is 2. The molecule has 0 saturated heterocycles. The summed E-state index contributed by atoms with van der Waals surface area (Å²) in [5.74, 6) is -0.159. The Hall–Kier alpha value is -2.30. The van der Waals surface area contributed by atoms with Crippen LogP contribution in [0, 0.1) is 0 Å². The molecule has 5 heteroatoms. The van der Waals surface area contributed by atoms with E-state index in [1.165, 1.54) is 0 Å². The fourth-order valence-corrected chi connectivity index (χ4v) is 2.30. The van der Waals surface area contributed by atoms with Crippen LogP contribution in [0.25, 0.3) is 6.08 Å². The fraction of sp³-hybridized carbons (Fsp3) is 0.545. The lowest BCUT2D eigenvalue weighted by atomic mass is 10.1. The molecule has 0 heterocycles. The standard InChI is InChI=1S/C22H32O5/c1-8-10-17(19(23)25-9-2)15-16-11-13-18(14-12-16)26-22(6,7)20(24)27-21(3,4)5/h11-15H,8-10H2,1-7H3. The van der Waals surface area contributed by atoms with Crippen molar-refractivity contribution in [1.29, 1.82) is 0 Å². The SMILES string of the molecule is CCCC(=Cc1ccc(OC(C)(C)C(=O)OC(C)(C)C)cc1)C(=O)OCC. The first-order valence-electron chi connectivity index (χ1n) is 9.38. The van der Waals surface area contributed by atoms with Crippen LogP contribution < -0.4 is 4.74 Å². The van der Waals surface area contributed by atoms with Crippen LogP contribution in [-0.2, 0) is 19.1 Å². The van der Waals surface area contributed by atoms with E-state index in [2.05, 4.69) is 0 Å². The number of carbonyl (C=O) groups is 2. The topological polar surface area (TPSA) is 61.8 Å². The third-order valence-electron chi connectivity index (χ3n) is 3.54. The van der Waals surface area contributed by atoms with E-state index in [9.17, 15) is 9.59 Å². The molecule has 0 N–H and O–H groups in total. The Balaban J connectivity index is 2.90. The average Bonchev–Trinajstić information content (AvgIpc) is 2.54. The van der Waals surface area contributed by atoms with Crippen LogP contribution in [0.2, 0.25) is 0 Å². The van der Waals surface area contributed by atoms with Gasteiger partial charge in [-0.1, -0.05) is 25.5 Å². The van der Waals surface area contributed by atoms with Crippen molar-refractivity contribution >= 4 is 18.0 Å². The summed E-state index contributed by atoms with van der Waals surface area (Å²) in [5.41, 5.74) is -0.172. The molecule has 0 unspecified atom stereocenters. The van der Waals surface area contributed by atoms with Crippen molar-refractivity contribution in [3.8, 4) is 5.75 Å². The van der Waals surface area contributed by atoms with Gasteiger partial charge in [0.2, 0.25) is 0 Å². The van der Waals surface area contributed by atoms with Crippen LogP contribution in [0.1, 0.15) is 66.9 Å². The van der Waals surface area contributed by atoms with Gasteiger partial charge in [-0.2, -0.15) is 0 Å². The summed E-state index contributed by atoms with van der Waals surface area (Å²) < 4.78 is 16.3. The Labute approximate surface area is 162 Å². The molecule has 27 heavy (non-hydrogen) atoms. The van der Waals surface area contributed by atoms with E-state index in [1.54, 1.807) is 32.9 Å². The van der Waals surface area contributed by atoms with Crippen molar-refractivity contribution in [2.75, 3.05) is 6.61 Å². The molecule has 5 nitrogen and oxygen atoms in total. The quantitative estimate of drug-likeness (QED) is 0.475. The van der Waals surface area contributed by atoms with E-state index in [-0.39, 0.29) is 5.97 Å². The number of rotatable bonds is 8. The van der Waals surface area contributed by atoms with Gasteiger partial charge in [0.05, 0.1) is 6.61 Å². The van der Waals surface area contributed by atoms with Gasteiger partial charge in [0, 0.05) is 5.57 Å². The molecule has 0 saturated carbocycles. The first-order valence-corrected chi connectivity index (χ1v) is 9.38. The van der Waals surface area contributed by atoms with Crippen molar-refractivity contribution in [2.24, 2.45) is 0 Å². The largest absolute Gasteiger partial charge is 0.476 e. The van der Waals surface area contributed by atoms with Gasteiger partial charge in [-0.15, -0.1) is 0 Å². The summed E-state index contributed by atoms with van der Waals surface area (Å²) in [6.07, 6.45) is 3.34. The molecule has 0 aliphatic rings. The van der Waals surface area contributed by atoms with Crippen molar-refractivity contribution in [1.82, 2.24) is 0 Å². The zero-order chi connectivity index (χ0) is 20.7. The Morgan fingerprint density at radius 3 is 2.07 bits per heavy atom. The highest BCUT2D eigenvalue weighted by Crippen LogP contribution is 2.23. The highest BCUT2D eigenvalue weighted by molar-refractivity contribution is 5.93. The van der Waals surface area contributed by atoms with Crippen molar-refractivity contribution in [3.63, 3.8) is 0 Å². The fourth-order valence-electron chi connectivity index (χ4n) is 2.30. The summed E-state index contributed by atoms with van der Waals surface area (Å²) in [6.45, 7) is 13.0. The van der Waals surface area contributed by atoms with E-state index < -0.39 is 17.2 Å². The van der Waals surface area contributed by atoms with Crippen molar-refractivity contribution in [2.45, 2.75) is 72.5 Å². The predicted octanol–water partition coefficient (Wildman–Crippen LogP) is 4.93. The number of ether oxygens (including phenoxy) is 3. The minimum absolute atomic E-state index is 0.286. The lowest BCUT2D eigenvalue weighted by Crippen LogP contribution is -2.43. The lowest BCUT2D eigenvalue weighted by molar-refractivity contribution is -0.170. The van der Waals surface area contributed by atoms with Gasteiger partial charge in [-0.3, -0.25) is 0 Å². The number of carbonyl (C=O) groups excluding carboxylic acids is 2. The molecule has 0 aliphatic heterocycles. The molecule has 0 aromatic heterocycles. The third-order valence-corrected chi connectivity index (χ3v) is 3.54. The van der Waals surface area contributed by atoms with E-state index >= 15 is 0 Å². The molecule has 0 aliphatic carbocycles. The van der Waals surface area contributed by atoms with Crippen LogP contribution >= 0.6 is 0 Å². The van der Waals surface area contributed by atoms with Gasteiger partial charge in [0.1, 0.15) is 11.4 Å². The number of hydrogen-bond donors (Lipinski definition) is 0. The second kappa shape index (κ2) is 9.58. The maximum absolute atomic E-state index is 12.3. The number of hydrogen-bond acceptors (Lipinski definition) is 5.